The average Bonchev–Trinajstić information content (AvgIpc) is 3.44. The number of nitrogens with zero attached hydrogens (tertiary/aromatic N) is 4. The van der Waals surface area contributed by atoms with Gasteiger partial charge < -0.3 is 15.6 Å². The van der Waals surface area contributed by atoms with Gasteiger partial charge in [-0.1, -0.05) is 6.07 Å². The van der Waals surface area contributed by atoms with Crippen LogP contribution in [0.4, 0.5) is 24.8 Å². The number of sulfonamides is 1. The van der Waals surface area contributed by atoms with Gasteiger partial charge in [-0.15, -0.1) is 0 Å². The first-order valence-corrected chi connectivity index (χ1v) is 14.2. The fourth-order valence-corrected chi connectivity index (χ4v) is 7.39. The molecule has 1 aliphatic carbocycles. The second-order valence-corrected chi connectivity index (χ2v) is 12.3. The number of halogens is 3. The number of rotatable bonds is 4. The zero-order valence-corrected chi connectivity index (χ0v) is 21.2. The molecule has 3 aromatic rings. The summed E-state index contributed by atoms with van der Waals surface area (Å²) in [5.41, 5.74) is -0.431. The second kappa shape index (κ2) is 8.84. The van der Waals surface area contributed by atoms with Crippen LogP contribution in [0.25, 0.3) is 22.2 Å². The average molecular weight is 546 g/mol. The molecule has 0 bridgehead atoms. The standard InChI is InChI=1S/C25H26F3N7O2S/c26-25(27,28)19-14-31-23(33-16-5-8-24(32-12-16)6-1-7-24)34-20(19)18-13-30-21-17(18)4-3-15(11-29)22(21)35-9-2-10-38(35,36)37/h3-4,13-14,16,30,32H,1-2,5-10,12H2,(H,31,33,34)/t16-/m0/s1. The zero-order chi connectivity index (χ0) is 26.7. The molecule has 2 saturated heterocycles. The largest absolute Gasteiger partial charge is 0.419 e. The maximum atomic E-state index is 14.1. The van der Waals surface area contributed by atoms with Gasteiger partial charge in [0, 0.05) is 48.0 Å². The maximum absolute atomic E-state index is 14.1. The van der Waals surface area contributed by atoms with Crippen LogP contribution in [0.15, 0.2) is 24.5 Å². The van der Waals surface area contributed by atoms with Crippen LogP contribution in [0.3, 0.4) is 0 Å². The smallest absolute Gasteiger partial charge is 0.359 e. The van der Waals surface area contributed by atoms with Crippen LogP contribution < -0.4 is 14.9 Å². The number of H-pyrrole nitrogens is 1. The summed E-state index contributed by atoms with van der Waals surface area (Å²) in [4.78, 5) is 11.2. The van der Waals surface area contributed by atoms with Gasteiger partial charge in [0.15, 0.2) is 0 Å². The molecule has 3 aliphatic rings. The van der Waals surface area contributed by atoms with Gasteiger partial charge in [0.1, 0.15) is 11.6 Å². The lowest BCUT2D eigenvalue weighted by atomic mass is 9.71. The van der Waals surface area contributed by atoms with Crippen LogP contribution in [0, 0.1) is 11.3 Å². The number of hydrogen-bond donors (Lipinski definition) is 3. The van der Waals surface area contributed by atoms with Crippen molar-refractivity contribution in [3.8, 4) is 17.3 Å². The molecule has 2 aromatic heterocycles. The highest BCUT2D eigenvalue weighted by molar-refractivity contribution is 7.93. The maximum Gasteiger partial charge on any atom is 0.419 e. The third-order valence-electron chi connectivity index (χ3n) is 7.99. The number of aromatic amines is 1. The first-order valence-electron chi connectivity index (χ1n) is 12.6. The molecular weight excluding hydrogens is 519 g/mol. The number of nitrogens with one attached hydrogen (secondary N) is 3. The van der Waals surface area contributed by atoms with Gasteiger partial charge in [0.2, 0.25) is 16.0 Å². The first kappa shape index (κ1) is 24.9. The number of aromatic nitrogens is 3. The Labute approximate surface area is 217 Å². The first-order chi connectivity index (χ1) is 18.1. The second-order valence-electron chi connectivity index (χ2n) is 10.3. The third-order valence-corrected chi connectivity index (χ3v) is 9.83. The Kier molecular flexibility index (Phi) is 5.80. The topological polar surface area (TPSA) is 127 Å². The molecule has 1 atom stereocenters. The third kappa shape index (κ3) is 4.16. The summed E-state index contributed by atoms with van der Waals surface area (Å²) in [5.74, 6) is 0.0349. The molecule has 38 heavy (non-hydrogen) atoms. The molecule has 3 fully saturated rings. The molecule has 1 saturated carbocycles. The number of anilines is 2. The van der Waals surface area contributed by atoms with E-state index in [1.807, 2.05) is 6.07 Å². The van der Waals surface area contributed by atoms with E-state index in [-0.39, 0.29) is 57.9 Å². The molecule has 6 rings (SSSR count). The van der Waals surface area contributed by atoms with Gasteiger partial charge in [0.05, 0.1) is 28.2 Å². The predicted molar refractivity (Wildman–Crippen MR) is 136 cm³/mol. The summed E-state index contributed by atoms with van der Waals surface area (Å²) in [7, 11) is -3.64. The van der Waals surface area contributed by atoms with E-state index >= 15 is 0 Å². The van der Waals surface area contributed by atoms with Crippen molar-refractivity contribution in [1.82, 2.24) is 20.3 Å². The Bertz CT molecular complexity index is 1550. The van der Waals surface area contributed by atoms with Crippen molar-refractivity contribution in [3.63, 3.8) is 0 Å². The van der Waals surface area contributed by atoms with E-state index < -0.39 is 21.8 Å². The molecule has 1 spiro atoms. The highest BCUT2D eigenvalue weighted by atomic mass is 32.2. The molecule has 13 heteroatoms. The van der Waals surface area contributed by atoms with Crippen LogP contribution in [0.2, 0.25) is 0 Å². The monoisotopic (exact) mass is 545 g/mol. The van der Waals surface area contributed by atoms with Crippen LogP contribution in [-0.2, 0) is 16.2 Å². The molecule has 4 heterocycles. The van der Waals surface area contributed by atoms with Crippen LogP contribution in [0.5, 0.6) is 0 Å². The molecule has 1 aromatic carbocycles. The van der Waals surface area contributed by atoms with Crippen LogP contribution >= 0.6 is 0 Å². The Morgan fingerprint density at radius 2 is 2.03 bits per heavy atom. The van der Waals surface area contributed by atoms with Crippen molar-refractivity contribution >= 4 is 32.6 Å². The van der Waals surface area contributed by atoms with Crippen molar-refractivity contribution in [2.24, 2.45) is 0 Å². The summed E-state index contributed by atoms with van der Waals surface area (Å²) in [6.07, 6.45) is 3.20. The van der Waals surface area contributed by atoms with Crippen molar-refractivity contribution < 1.29 is 21.6 Å². The molecule has 0 radical (unpaired) electrons. The SMILES string of the molecule is N#Cc1ccc2c(-c3nc(N[C@H]4CCC5(CCC5)NC4)ncc3C(F)(F)F)c[nH]c2c1N1CCCS1(=O)=O. The lowest BCUT2D eigenvalue weighted by Gasteiger charge is -2.47. The summed E-state index contributed by atoms with van der Waals surface area (Å²) in [6, 6.07) is 4.94. The van der Waals surface area contributed by atoms with E-state index in [2.05, 4.69) is 25.6 Å². The number of alkyl halides is 3. The summed E-state index contributed by atoms with van der Waals surface area (Å²) < 4.78 is 68.6. The normalized spacial score (nSPS) is 22.4. The quantitative estimate of drug-likeness (QED) is 0.450. The Hall–Kier alpha value is -3.37. The molecule has 2 aliphatic heterocycles. The lowest BCUT2D eigenvalue weighted by Crippen LogP contribution is -2.58. The van der Waals surface area contributed by atoms with Gasteiger partial charge >= 0.3 is 6.18 Å². The van der Waals surface area contributed by atoms with Crippen molar-refractivity contribution in [2.75, 3.05) is 28.5 Å². The van der Waals surface area contributed by atoms with Gasteiger partial charge in [-0.25, -0.2) is 18.4 Å². The zero-order valence-electron chi connectivity index (χ0n) is 20.4. The number of benzene rings is 1. The molecule has 3 N–H and O–H groups in total. The van der Waals surface area contributed by atoms with E-state index in [9.17, 15) is 26.9 Å². The van der Waals surface area contributed by atoms with Crippen molar-refractivity contribution in [1.29, 1.82) is 5.26 Å². The van der Waals surface area contributed by atoms with Gasteiger partial charge in [-0.05, 0) is 44.6 Å². The highest BCUT2D eigenvalue weighted by Crippen LogP contribution is 2.43. The Morgan fingerprint density at radius 1 is 1.21 bits per heavy atom. The van der Waals surface area contributed by atoms with Crippen molar-refractivity contribution in [2.45, 2.75) is 56.3 Å². The van der Waals surface area contributed by atoms with Gasteiger partial charge in [-0.2, -0.15) is 18.4 Å². The van der Waals surface area contributed by atoms with Crippen molar-refractivity contribution in [3.05, 3.63) is 35.7 Å². The fraction of sp³-hybridized carbons (Fsp3) is 0.480. The highest BCUT2D eigenvalue weighted by Gasteiger charge is 2.40. The van der Waals surface area contributed by atoms with Gasteiger partial charge in [-0.3, -0.25) is 4.31 Å². The summed E-state index contributed by atoms with van der Waals surface area (Å²) in [6.45, 7) is 0.869. The molecule has 9 nitrogen and oxygen atoms in total. The van der Waals surface area contributed by atoms with Crippen LogP contribution in [-0.4, -0.2) is 53.8 Å². The van der Waals surface area contributed by atoms with Gasteiger partial charge in [0.25, 0.3) is 0 Å². The van der Waals surface area contributed by atoms with Crippen LogP contribution in [0.1, 0.15) is 49.7 Å². The lowest BCUT2D eigenvalue weighted by molar-refractivity contribution is -0.137. The molecular formula is C25H26F3N7O2S. The van der Waals surface area contributed by atoms with E-state index in [0.717, 1.165) is 36.2 Å². The number of piperidine rings is 1. The fourth-order valence-electron chi connectivity index (χ4n) is 5.80. The molecule has 0 unspecified atom stereocenters. The predicted octanol–water partition coefficient (Wildman–Crippen LogP) is 4.14. The Balaban J connectivity index is 1.41. The minimum atomic E-state index is -4.71. The van der Waals surface area contributed by atoms with E-state index in [4.69, 9.17) is 0 Å². The number of fused-ring (bicyclic) bond motifs is 1. The number of hydrogen-bond acceptors (Lipinski definition) is 7. The molecule has 200 valence electrons. The minimum absolute atomic E-state index is 0.0149. The number of nitriles is 1. The molecule has 0 amide bonds. The minimum Gasteiger partial charge on any atom is -0.359 e. The Morgan fingerprint density at radius 3 is 2.63 bits per heavy atom. The van der Waals surface area contributed by atoms with E-state index in [1.165, 1.54) is 24.8 Å². The summed E-state index contributed by atoms with van der Waals surface area (Å²) in [5, 5.41) is 16.8. The van der Waals surface area contributed by atoms with E-state index in [0.29, 0.717) is 18.4 Å². The summed E-state index contributed by atoms with van der Waals surface area (Å²) >= 11 is 0. The van der Waals surface area contributed by atoms with E-state index in [1.54, 1.807) is 0 Å².